The van der Waals surface area contributed by atoms with Crippen molar-refractivity contribution in [3.05, 3.63) is 0 Å². The van der Waals surface area contributed by atoms with Gasteiger partial charge in [0.15, 0.2) is 0 Å². The van der Waals surface area contributed by atoms with Gasteiger partial charge < -0.3 is 9.64 Å². The molecule has 2 aliphatic rings. The van der Waals surface area contributed by atoms with E-state index in [1.807, 2.05) is 4.90 Å². The molecule has 0 aromatic carbocycles. The minimum Gasteiger partial charge on any atom is -0.375 e. The second-order valence-corrected chi connectivity index (χ2v) is 4.09. The predicted octanol–water partition coefficient (Wildman–Crippen LogP) is 1.03. The first-order valence-electron chi connectivity index (χ1n) is 5.11. The summed E-state index contributed by atoms with van der Waals surface area (Å²) in [7, 11) is 1.58. The molecule has 3 nitrogen and oxygen atoms in total. The van der Waals surface area contributed by atoms with Crippen molar-refractivity contribution in [2.75, 3.05) is 20.3 Å². The number of rotatable bonds is 2. The summed E-state index contributed by atoms with van der Waals surface area (Å²) in [4.78, 5) is 13.5. The van der Waals surface area contributed by atoms with Crippen molar-refractivity contribution in [1.82, 2.24) is 4.90 Å². The molecule has 74 valence electrons. The van der Waals surface area contributed by atoms with Gasteiger partial charge in [-0.15, -0.1) is 0 Å². The zero-order valence-electron chi connectivity index (χ0n) is 8.16. The van der Waals surface area contributed by atoms with E-state index in [-0.39, 0.29) is 12.5 Å². The molecule has 0 aromatic rings. The molecule has 0 aromatic heterocycles. The van der Waals surface area contributed by atoms with E-state index in [0.717, 1.165) is 12.5 Å². The number of amides is 1. The maximum Gasteiger partial charge on any atom is 0.248 e. The molecule has 1 saturated heterocycles. The lowest BCUT2D eigenvalue weighted by atomic mass is 9.77. The van der Waals surface area contributed by atoms with Gasteiger partial charge in [0.2, 0.25) is 5.91 Å². The van der Waals surface area contributed by atoms with E-state index >= 15 is 0 Å². The van der Waals surface area contributed by atoms with Crippen LogP contribution in [0.1, 0.15) is 25.7 Å². The van der Waals surface area contributed by atoms with Gasteiger partial charge in [0.25, 0.3) is 0 Å². The summed E-state index contributed by atoms with van der Waals surface area (Å²) in [5.41, 5.74) is 0. The van der Waals surface area contributed by atoms with Crippen LogP contribution in [0.4, 0.5) is 0 Å². The predicted molar refractivity (Wildman–Crippen MR) is 49.3 cm³/mol. The van der Waals surface area contributed by atoms with Crippen molar-refractivity contribution < 1.29 is 9.53 Å². The highest BCUT2D eigenvalue weighted by Gasteiger charge is 2.42. The molecule has 1 aliphatic heterocycles. The van der Waals surface area contributed by atoms with Crippen LogP contribution in [0.3, 0.4) is 0 Å². The minimum atomic E-state index is 0.172. The number of methoxy groups -OCH3 is 1. The number of likely N-dealkylation sites (tertiary alicyclic amines) is 1. The minimum absolute atomic E-state index is 0.172. The van der Waals surface area contributed by atoms with E-state index in [1.165, 1.54) is 25.7 Å². The summed E-state index contributed by atoms with van der Waals surface area (Å²) in [6.07, 6.45) is 5.17. The Morgan fingerprint density at radius 3 is 2.92 bits per heavy atom. The van der Waals surface area contributed by atoms with E-state index in [9.17, 15) is 4.79 Å². The van der Waals surface area contributed by atoms with Crippen molar-refractivity contribution in [2.24, 2.45) is 5.92 Å². The van der Waals surface area contributed by atoms with Gasteiger partial charge in [-0.2, -0.15) is 0 Å². The number of hydrogen-bond donors (Lipinski definition) is 0. The Labute approximate surface area is 79.0 Å². The SMILES string of the molecule is COCC(=O)N1CC2CCCCC21. The highest BCUT2D eigenvalue weighted by molar-refractivity contribution is 5.78. The van der Waals surface area contributed by atoms with Crippen LogP contribution in [0.2, 0.25) is 0 Å². The molecule has 1 amide bonds. The lowest BCUT2D eigenvalue weighted by molar-refractivity contribution is -0.150. The smallest absolute Gasteiger partial charge is 0.248 e. The third-order valence-electron chi connectivity index (χ3n) is 3.29. The molecule has 1 aliphatic carbocycles. The second-order valence-electron chi connectivity index (χ2n) is 4.09. The number of carbonyl (C=O) groups is 1. The van der Waals surface area contributed by atoms with Gasteiger partial charge in [-0.3, -0.25) is 4.79 Å². The number of ether oxygens (including phenoxy) is 1. The monoisotopic (exact) mass is 183 g/mol. The Bertz CT molecular complexity index is 205. The van der Waals surface area contributed by atoms with Crippen LogP contribution in [0.5, 0.6) is 0 Å². The van der Waals surface area contributed by atoms with Crippen molar-refractivity contribution in [1.29, 1.82) is 0 Å². The number of carbonyl (C=O) groups excluding carboxylic acids is 1. The quantitative estimate of drug-likeness (QED) is 0.640. The third kappa shape index (κ3) is 1.57. The summed E-state index contributed by atoms with van der Waals surface area (Å²) in [5, 5.41) is 0. The summed E-state index contributed by atoms with van der Waals surface area (Å²) >= 11 is 0. The normalized spacial score (nSPS) is 32.2. The fourth-order valence-corrected chi connectivity index (χ4v) is 2.55. The summed E-state index contributed by atoms with van der Waals surface area (Å²) in [5.74, 6) is 0.972. The molecule has 1 saturated carbocycles. The molecule has 2 unspecified atom stereocenters. The highest BCUT2D eigenvalue weighted by Crippen LogP contribution is 2.36. The fourth-order valence-electron chi connectivity index (χ4n) is 2.55. The average molecular weight is 183 g/mol. The first-order chi connectivity index (χ1) is 6.33. The summed E-state index contributed by atoms with van der Waals surface area (Å²) in [6.45, 7) is 1.23. The molecule has 0 spiro atoms. The Morgan fingerprint density at radius 2 is 2.23 bits per heavy atom. The van der Waals surface area contributed by atoms with Crippen LogP contribution < -0.4 is 0 Å². The van der Waals surface area contributed by atoms with Crippen molar-refractivity contribution >= 4 is 5.91 Å². The average Bonchev–Trinajstić information content (AvgIpc) is 2.07. The van der Waals surface area contributed by atoms with E-state index < -0.39 is 0 Å². The zero-order valence-corrected chi connectivity index (χ0v) is 8.16. The van der Waals surface area contributed by atoms with Crippen molar-refractivity contribution in [3.8, 4) is 0 Å². The van der Waals surface area contributed by atoms with E-state index in [0.29, 0.717) is 6.04 Å². The molecule has 1 heterocycles. The molecular weight excluding hydrogens is 166 g/mol. The Hall–Kier alpha value is -0.570. The molecule has 2 rings (SSSR count). The maximum atomic E-state index is 11.5. The number of hydrogen-bond acceptors (Lipinski definition) is 2. The first-order valence-corrected chi connectivity index (χ1v) is 5.11. The molecule has 2 fully saturated rings. The Morgan fingerprint density at radius 1 is 1.46 bits per heavy atom. The maximum absolute atomic E-state index is 11.5. The fraction of sp³-hybridized carbons (Fsp3) is 0.900. The van der Waals surface area contributed by atoms with Gasteiger partial charge in [-0.25, -0.2) is 0 Å². The largest absolute Gasteiger partial charge is 0.375 e. The standard InChI is InChI=1S/C10H17NO2/c1-13-7-10(12)11-6-8-4-2-3-5-9(8)11/h8-9H,2-7H2,1H3. The van der Waals surface area contributed by atoms with Crippen LogP contribution in [-0.4, -0.2) is 37.1 Å². The van der Waals surface area contributed by atoms with Crippen LogP contribution >= 0.6 is 0 Å². The number of nitrogens with zero attached hydrogens (tertiary/aromatic N) is 1. The molecule has 13 heavy (non-hydrogen) atoms. The third-order valence-corrected chi connectivity index (χ3v) is 3.29. The zero-order chi connectivity index (χ0) is 9.26. The highest BCUT2D eigenvalue weighted by atomic mass is 16.5. The van der Waals surface area contributed by atoms with Crippen LogP contribution in [0.25, 0.3) is 0 Å². The topological polar surface area (TPSA) is 29.5 Å². The molecule has 2 atom stereocenters. The summed E-state index contributed by atoms with van der Waals surface area (Å²) < 4.78 is 4.85. The van der Waals surface area contributed by atoms with E-state index in [4.69, 9.17) is 4.74 Å². The van der Waals surface area contributed by atoms with Crippen LogP contribution in [0.15, 0.2) is 0 Å². The van der Waals surface area contributed by atoms with Gasteiger partial charge in [-0.1, -0.05) is 12.8 Å². The van der Waals surface area contributed by atoms with Gasteiger partial charge in [-0.05, 0) is 18.8 Å². The Kier molecular flexibility index (Phi) is 2.54. The van der Waals surface area contributed by atoms with Crippen LogP contribution in [0, 0.1) is 5.92 Å². The Balaban J connectivity index is 1.86. The van der Waals surface area contributed by atoms with Gasteiger partial charge in [0.1, 0.15) is 6.61 Å². The van der Waals surface area contributed by atoms with Crippen molar-refractivity contribution in [3.63, 3.8) is 0 Å². The molecule has 0 radical (unpaired) electrons. The lowest BCUT2D eigenvalue weighted by Crippen LogP contribution is -2.60. The van der Waals surface area contributed by atoms with Crippen molar-refractivity contribution in [2.45, 2.75) is 31.7 Å². The molecule has 0 bridgehead atoms. The number of fused-ring (bicyclic) bond motifs is 1. The van der Waals surface area contributed by atoms with E-state index in [2.05, 4.69) is 0 Å². The van der Waals surface area contributed by atoms with Gasteiger partial charge in [0.05, 0.1) is 0 Å². The molecule has 0 N–H and O–H groups in total. The lowest BCUT2D eigenvalue weighted by Gasteiger charge is -2.50. The second kappa shape index (κ2) is 3.66. The molecule has 3 heteroatoms. The van der Waals surface area contributed by atoms with Gasteiger partial charge in [0, 0.05) is 19.7 Å². The molecular formula is C10H17NO2. The van der Waals surface area contributed by atoms with Gasteiger partial charge >= 0.3 is 0 Å². The van der Waals surface area contributed by atoms with Crippen LogP contribution in [-0.2, 0) is 9.53 Å². The summed E-state index contributed by atoms with van der Waals surface area (Å²) in [6, 6.07) is 0.552. The van der Waals surface area contributed by atoms with E-state index in [1.54, 1.807) is 7.11 Å². The first kappa shape index (κ1) is 9.00.